The van der Waals surface area contributed by atoms with Gasteiger partial charge in [-0.25, -0.2) is 8.42 Å². The number of benzene rings is 1. The van der Waals surface area contributed by atoms with Crippen LogP contribution >= 0.6 is 0 Å². The summed E-state index contributed by atoms with van der Waals surface area (Å²) in [6, 6.07) is 13.1. The molecule has 2 fully saturated rings. The van der Waals surface area contributed by atoms with Gasteiger partial charge in [-0.15, -0.1) is 0 Å². The zero-order chi connectivity index (χ0) is 20.5. The van der Waals surface area contributed by atoms with Gasteiger partial charge in [-0.2, -0.15) is 5.26 Å². The van der Waals surface area contributed by atoms with E-state index in [9.17, 15) is 13.7 Å². The second-order valence-corrected chi connectivity index (χ2v) is 9.63. The van der Waals surface area contributed by atoms with Gasteiger partial charge in [0.1, 0.15) is 11.2 Å². The van der Waals surface area contributed by atoms with Crippen molar-refractivity contribution in [2.45, 2.75) is 36.5 Å². The van der Waals surface area contributed by atoms with Crippen LogP contribution in [0.1, 0.15) is 30.5 Å². The molecule has 1 saturated carbocycles. The molecule has 0 bridgehead atoms. The normalized spacial score (nSPS) is 21.5. The molecule has 1 aromatic carbocycles. The minimum absolute atomic E-state index is 0.211. The molecule has 2 aliphatic rings. The predicted octanol–water partition coefficient (Wildman–Crippen LogP) is 2.77. The number of anilines is 1. The molecule has 152 valence electrons. The second kappa shape index (κ2) is 7.65. The average molecular weight is 413 g/mol. The third-order valence-corrected chi connectivity index (χ3v) is 7.76. The molecule has 0 amide bonds. The molecule has 1 aromatic heterocycles. The lowest BCUT2D eigenvalue weighted by Crippen LogP contribution is -2.34. The van der Waals surface area contributed by atoms with Crippen LogP contribution in [0.3, 0.4) is 0 Å². The maximum absolute atomic E-state index is 13.2. The quantitative estimate of drug-likeness (QED) is 0.693. The Morgan fingerprint density at radius 1 is 1.31 bits per heavy atom. The molecule has 0 radical (unpaired) electrons. The molecule has 1 saturated heterocycles. The highest BCUT2D eigenvalue weighted by Gasteiger charge is 2.42. The summed E-state index contributed by atoms with van der Waals surface area (Å²) in [4.78, 5) is 4.38. The SMILES string of the molecule is COc1ccc(CN(c2ccnc(C3(C#N)CCOC3)c2)S(=O)(=O)C2CC2)cc1. The summed E-state index contributed by atoms with van der Waals surface area (Å²) in [6.45, 7) is 0.978. The fraction of sp³-hybridized carbons (Fsp3) is 0.429. The molecule has 0 spiro atoms. The van der Waals surface area contributed by atoms with Crippen LogP contribution in [-0.2, 0) is 26.7 Å². The average Bonchev–Trinajstić information content (AvgIpc) is 3.51. The molecule has 2 aromatic rings. The van der Waals surface area contributed by atoms with E-state index in [1.807, 2.05) is 24.3 Å². The van der Waals surface area contributed by atoms with E-state index in [-0.39, 0.29) is 18.4 Å². The zero-order valence-electron chi connectivity index (χ0n) is 16.2. The van der Waals surface area contributed by atoms with E-state index in [0.29, 0.717) is 43.0 Å². The fourth-order valence-electron chi connectivity index (χ4n) is 3.52. The van der Waals surface area contributed by atoms with Crippen molar-refractivity contribution < 1.29 is 17.9 Å². The lowest BCUT2D eigenvalue weighted by atomic mass is 9.85. The number of rotatable bonds is 7. The van der Waals surface area contributed by atoms with E-state index in [2.05, 4.69) is 11.1 Å². The summed E-state index contributed by atoms with van der Waals surface area (Å²) in [7, 11) is -1.91. The van der Waals surface area contributed by atoms with Gasteiger partial charge in [0, 0.05) is 12.8 Å². The highest BCUT2D eigenvalue weighted by atomic mass is 32.2. The number of ether oxygens (including phenoxy) is 2. The van der Waals surface area contributed by atoms with Gasteiger partial charge >= 0.3 is 0 Å². The van der Waals surface area contributed by atoms with Crippen molar-refractivity contribution in [2.24, 2.45) is 0 Å². The lowest BCUT2D eigenvalue weighted by molar-refractivity contribution is 0.186. The topological polar surface area (TPSA) is 92.5 Å². The molecule has 1 aliphatic carbocycles. The number of aromatic nitrogens is 1. The van der Waals surface area contributed by atoms with E-state index >= 15 is 0 Å². The van der Waals surface area contributed by atoms with Crippen LogP contribution < -0.4 is 9.04 Å². The van der Waals surface area contributed by atoms with E-state index in [1.54, 1.807) is 25.4 Å². The first-order valence-electron chi connectivity index (χ1n) is 9.58. The van der Waals surface area contributed by atoms with Crippen molar-refractivity contribution in [1.29, 1.82) is 5.26 Å². The number of nitrogens with zero attached hydrogens (tertiary/aromatic N) is 3. The number of methoxy groups -OCH3 is 1. The van der Waals surface area contributed by atoms with Crippen molar-refractivity contribution in [2.75, 3.05) is 24.6 Å². The Kier molecular flexibility index (Phi) is 5.19. The third-order valence-electron chi connectivity index (χ3n) is 5.50. The molecule has 4 rings (SSSR count). The minimum Gasteiger partial charge on any atom is -0.497 e. The Balaban J connectivity index is 1.71. The molecule has 2 heterocycles. The predicted molar refractivity (Wildman–Crippen MR) is 108 cm³/mol. The van der Waals surface area contributed by atoms with Gasteiger partial charge in [0.05, 0.1) is 43.0 Å². The minimum atomic E-state index is -3.50. The standard InChI is InChI=1S/C21H23N3O4S/c1-27-18-4-2-16(3-5-18)13-24(29(25,26)19-6-7-19)17-8-10-23-20(12-17)21(14-22)9-11-28-15-21/h2-5,8,10,12,19H,6-7,9,11,13,15H2,1H3. The summed E-state index contributed by atoms with van der Waals surface area (Å²) in [5.74, 6) is 0.716. The van der Waals surface area contributed by atoms with Gasteiger partial charge in [-0.05, 0) is 49.1 Å². The molecule has 0 N–H and O–H groups in total. The largest absolute Gasteiger partial charge is 0.497 e. The smallest absolute Gasteiger partial charge is 0.238 e. The molecular formula is C21H23N3O4S. The van der Waals surface area contributed by atoms with Crippen molar-refractivity contribution >= 4 is 15.7 Å². The van der Waals surface area contributed by atoms with Crippen molar-refractivity contribution in [3.05, 3.63) is 53.9 Å². The van der Waals surface area contributed by atoms with E-state index in [1.165, 1.54) is 4.31 Å². The first kappa shape index (κ1) is 19.7. The molecule has 1 atom stereocenters. The van der Waals surface area contributed by atoms with Gasteiger partial charge < -0.3 is 9.47 Å². The van der Waals surface area contributed by atoms with Gasteiger partial charge in [0.25, 0.3) is 0 Å². The number of nitriles is 1. The van der Waals surface area contributed by atoms with Crippen LogP contribution in [0.2, 0.25) is 0 Å². The second-order valence-electron chi connectivity index (χ2n) is 7.49. The first-order valence-corrected chi connectivity index (χ1v) is 11.1. The highest BCUT2D eigenvalue weighted by molar-refractivity contribution is 7.93. The van der Waals surface area contributed by atoms with E-state index in [0.717, 1.165) is 5.56 Å². The Labute approximate surface area is 170 Å². The van der Waals surface area contributed by atoms with Crippen LogP contribution in [0.15, 0.2) is 42.6 Å². The van der Waals surface area contributed by atoms with E-state index in [4.69, 9.17) is 9.47 Å². The fourth-order valence-corrected chi connectivity index (χ4v) is 5.35. The van der Waals surface area contributed by atoms with Gasteiger partial charge in [-0.1, -0.05) is 12.1 Å². The van der Waals surface area contributed by atoms with Crippen molar-refractivity contribution in [3.63, 3.8) is 0 Å². The third kappa shape index (κ3) is 3.80. The number of sulfonamides is 1. The summed E-state index contributed by atoms with van der Waals surface area (Å²) in [6.07, 6.45) is 3.48. The van der Waals surface area contributed by atoms with Crippen LogP contribution in [0.4, 0.5) is 5.69 Å². The van der Waals surface area contributed by atoms with Crippen molar-refractivity contribution in [3.8, 4) is 11.8 Å². The Bertz CT molecular complexity index is 1020. The number of hydrogen-bond donors (Lipinski definition) is 0. The van der Waals surface area contributed by atoms with Crippen molar-refractivity contribution in [1.82, 2.24) is 4.98 Å². The number of pyridine rings is 1. The monoisotopic (exact) mass is 413 g/mol. The molecular weight excluding hydrogens is 390 g/mol. The summed E-state index contributed by atoms with van der Waals surface area (Å²) < 4.78 is 38.5. The molecule has 29 heavy (non-hydrogen) atoms. The molecule has 1 unspecified atom stereocenters. The Morgan fingerprint density at radius 3 is 2.66 bits per heavy atom. The van der Waals surface area contributed by atoms with Gasteiger partial charge in [-0.3, -0.25) is 9.29 Å². The summed E-state index contributed by atoms with van der Waals surface area (Å²) in [5, 5.41) is 9.38. The number of hydrogen-bond acceptors (Lipinski definition) is 6. The van der Waals surface area contributed by atoms with Gasteiger partial charge in [0.2, 0.25) is 10.0 Å². The zero-order valence-corrected chi connectivity index (χ0v) is 17.1. The first-order chi connectivity index (χ1) is 14.0. The van der Waals surface area contributed by atoms with Crippen LogP contribution in [0, 0.1) is 11.3 Å². The Hall–Kier alpha value is -2.63. The summed E-state index contributed by atoms with van der Waals surface area (Å²) in [5.41, 5.74) is 1.11. The maximum Gasteiger partial charge on any atom is 0.238 e. The summed E-state index contributed by atoms with van der Waals surface area (Å²) >= 11 is 0. The Morgan fingerprint density at radius 2 is 2.07 bits per heavy atom. The molecule has 1 aliphatic heterocycles. The van der Waals surface area contributed by atoms with Crippen LogP contribution in [0.25, 0.3) is 0 Å². The van der Waals surface area contributed by atoms with Gasteiger partial charge in [0.15, 0.2) is 0 Å². The lowest BCUT2D eigenvalue weighted by Gasteiger charge is -2.26. The van der Waals surface area contributed by atoms with E-state index < -0.39 is 15.4 Å². The van der Waals surface area contributed by atoms with Crippen LogP contribution in [0.5, 0.6) is 5.75 Å². The van der Waals surface area contributed by atoms with Crippen LogP contribution in [-0.4, -0.2) is 39.0 Å². The highest BCUT2D eigenvalue weighted by Crippen LogP contribution is 2.37. The molecule has 7 nitrogen and oxygen atoms in total. The molecule has 8 heteroatoms. The maximum atomic E-state index is 13.2.